The smallest absolute Gasteiger partial charge is 0.311 e. The molecule has 0 amide bonds. The average Bonchev–Trinajstić information content (AvgIpc) is 2.56. The maximum Gasteiger partial charge on any atom is 0.311 e. The maximum absolute atomic E-state index is 11.3. The van der Waals surface area contributed by atoms with Crippen LogP contribution in [0.5, 0.6) is 5.75 Å². The zero-order chi connectivity index (χ0) is 18.4. The molecule has 5 nitrogen and oxygen atoms in total. The quantitative estimate of drug-likeness (QED) is 0.477. The molecule has 0 aliphatic heterocycles. The topological polar surface area (TPSA) is 55.6 Å². The van der Waals surface area contributed by atoms with Gasteiger partial charge in [0.2, 0.25) is 0 Å². The Morgan fingerprint density at radius 1 is 1.08 bits per heavy atom. The van der Waals surface area contributed by atoms with Crippen LogP contribution in [0.25, 0.3) is 0 Å². The molecule has 0 saturated carbocycles. The lowest BCUT2D eigenvalue weighted by atomic mass is 10.1. The Hall–Kier alpha value is -1.82. The van der Waals surface area contributed by atoms with Gasteiger partial charge in [0.25, 0.3) is 0 Å². The minimum absolute atomic E-state index is 0.0255. The van der Waals surface area contributed by atoms with Crippen LogP contribution in [0.3, 0.4) is 0 Å². The van der Waals surface area contributed by atoms with Gasteiger partial charge in [0.15, 0.2) is 5.75 Å². The molecule has 0 radical (unpaired) electrons. The molecule has 2 rings (SSSR count). The van der Waals surface area contributed by atoms with Gasteiger partial charge in [-0.05, 0) is 62.8 Å². The van der Waals surface area contributed by atoms with Gasteiger partial charge in [0, 0.05) is 6.07 Å². The first-order valence-corrected chi connectivity index (χ1v) is 8.61. The summed E-state index contributed by atoms with van der Waals surface area (Å²) in [5, 5.41) is 12.2. The highest BCUT2D eigenvalue weighted by Gasteiger charge is 2.16. The second-order valence-corrected chi connectivity index (χ2v) is 6.82. The van der Waals surface area contributed by atoms with Crippen LogP contribution in [0, 0.1) is 10.1 Å². The van der Waals surface area contributed by atoms with Gasteiger partial charge in [-0.25, -0.2) is 0 Å². The molecule has 0 fully saturated rings. The van der Waals surface area contributed by atoms with Crippen molar-refractivity contribution in [2.45, 2.75) is 19.4 Å². The zero-order valence-electron chi connectivity index (χ0n) is 14.2. The van der Waals surface area contributed by atoms with E-state index < -0.39 is 4.92 Å². The van der Waals surface area contributed by atoms with Crippen molar-refractivity contribution >= 4 is 28.9 Å². The summed E-state index contributed by atoms with van der Waals surface area (Å²) in [5.74, 6) is 0.243. The lowest BCUT2D eigenvalue weighted by molar-refractivity contribution is -0.386. The van der Waals surface area contributed by atoms with Gasteiger partial charge >= 0.3 is 5.69 Å². The Balaban J connectivity index is 2.08. The standard InChI is InChI=1S/C18H20Cl2N2O3/c1-21(2)9-3-4-13-6-8-18(17(11-13)22(23)24)25-12-14-5-7-15(19)16(20)10-14/h5-8,10-11H,3-4,9,12H2,1-2H3. The first kappa shape index (κ1) is 19.5. The van der Waals surface area contributed by atoms with Crippen LogP contribution in [0.15, 0.2) is 36.4 Å². The molecule has 0 aliphatic rings. The van der Waals surface area contributed by atoms with Crippen LogP contribution in [-0.2, 0) is 13.0 Å². The van der Waals surface area contributed by atoms with Gasteiger partial charge in [0.1, 0.15) is 6.61 Å². The fourth-order valence-electron chi connectivity index (χ4n) is 2.37. The second-order valence-electron chi connectivity index (χ2n) is 6.00. The molecule has 0 heterocycles. The number of halogens is 2. The Bertz CT molecular complexity index is 751. The van der Waals surface area contributed by atoms with Gasteiger partial charge in [-0.2, -0.15) is 0 Å². The molecule has 0 unspecified atom stereocenters. The van der Waals surface area contributed by atoms with Crippen molar-refractivity contribution in [2.24, 2.45) is 0 Å². The highest BCUT2D eigenvalue weighted by atomic mass is 35.5. The van der Waals surface area contributed by atoms with Crippen LogP contribution in [0.4, 0.5) is 5.69 Å². The molecule has 0 aliphatic carbocycles. The molecular formula is C18H20Cl2N2O3. The predicted octanol–water partition coefficient (Wildman–Crippen LogP) is 4.97. The van der Waals surface area contributed by atoms with Crippen molar-refractivity contribution in [3.05, 3.63) is 67.7 Å². The molecule has 0 spiro atoms. The lowest BCUT2D eigenvalue weighted by Gasteiger charge is -2.11. The summed E-state index contributed by atoms with van der Waals surface area (Å²) in [6, 6.07) is 10.2. The van der Waals surface area contributed by atoms with Crippen molar-refractivity contribution < 1.29 is 9.66 Å². The molecule has 0 N–H and O–H groups in total. The van der Waals surface area contributed by atoms with E-state index in [0.29, 0.717) is 10.0 Å². The third kappa shape index (κ3) is 5.88. The number of hydrogen-bond acceptors (Lipinski definition) is 4. The molecule has 134 valence electrons. The number of nitro groups is 1. The monoisotopic (exact) mass is 382 g/mol. The fraction of sp³-hybridized carbons (Fsp3) is 0.333. The molecule has 7 heteroatoms. The van der Waals surface area contributed by atoms with Gasteiger partial charge < -0.3 is 9.64 Å². The summed E-state index contributed by atoms with van der Waals surface area (Å²) >= 11 is 11.8. The Morgan fingerprint density at radius 2 is 1.80 bits per heavy atom. The van der Waals surface area contributed by atoms with E-state index in [4.69, 9.17) is 27.9 Å². The van der Waals surface area contributed by atoms with Crippen molar-refractivity contribution in [1.82, 2.24) is 4.90 Å². The maximum atomic E-state index is 11.3. The molecule has 0 bridgehead atoms. The summed E-state index contributed by atoms with van der Waals surface area (Å²) in [5.41, 5.74) is 1.69. The minimum atomic E-state index is -0.417. The average molecular weight is 383 g/mol. The van der Waals surface area contributed by atoms with E-state index >= 15 is 0 Å². The van der Waals surface area contributed by atoms with Gasteiger partial charge in [-0.15, -0.1) is 0 Å². The predicted molar refractivity (Wildman–Crippen MR) is 101 cm³/mol. The summed E-state index contributed by atoms with van der Waals surface area (Å²) in [7, 11) is 4.00. The van der Waals surface area contributed by atoms with Crippen molar-refractivity contribution in [3.63, 3.8) is 0 Å². The lowest BCUT2D eigenvalue weighted by Crippen LogP contribution is -2.13. The molecule has 0 atom stereocenters. The summed E-state index contributed by atoms with van der Waals surface area (Å²) in [4.78, 5) is 13.0. The Labute approximate surface area is 157 Å². The first-order chi connectivity index (χ1) is 11.9. The van der Waals surface area contributed by atoms with E-state index in [2.05, 4.69) is 4.90 Å². The molecular weight excluding hydrogens is 363 g/mol. The molecule has 25 heavy (non-hydrogen) atoms. The van der Waals surface area contributed by atoms with E-state index in [0.717, 1.165) is 30.5 Å². The summed E-state index contributed by atoms with van der Waals surface area (Å²) < 4.78 is 5.63. The normalized spacial score (nSPS) is 10.9. The fourth-order valence-corrected chi connectivity index (χ4v) is 2.69. The van der Waals surface area contributed by atoms with E-state index in [1.165, 1.54) is 0 Å². The number of ether oxygens (including phenoxy) is 1. The van der Waals surface area contributed by atoms with E-state index in [1.54, 1.807) is 30.3 Å². The number of nitrogens with zero attached hydrogens (tertiary/aromatic N) is 2. The van der Waals surface area contributed by atoms with Gasteiger partial charge in [-0.1, -0.05) is 35.3 Å². The van der Waals surface area contributed by atoms with Gasteiger partial charge in [-0.3, -0.25) is 10.1 Å². The van der Waals surface area contributed by atoms with Crippen LogP contribution >= 0.6 is 23.2 Å². The molecule has 2 aromatic carbocycles. The van der Waals surface area contributed by atoms with E-state index in [1.807, 2.05) is 20.2 Å². The number of nitro benzene ring substituents is 1. The summed E-state index contributed by atoms with van der Waals surface area (Å²) in [6.07, 6.45) is 1.72. The largest absolute Gasteiger partial charge is 0.482 e. The zero-order valence-corrected chi connectivity index (χ0v) is 15.7. The minimum Gasteiger partial charge on any atom is -0.482 e. The third-order valence-electron chi connectivity index (χ3n) is 3.67. The molecule has 2 aromatic rings. The van der Waals surface area contributed by atoms with Crippen LogP contribution in [0.2, 0.25) is 10.0 Å². The van der Waals surface area contributed by atoms with E-state index in [9.17, 15) is 10.1 Å². The molecule has 0 saturated heterocycles. The first-order valence-electron chi connectivity index (χ1n) is 7.85. The SMILES string of the molecule is CN(C)CCCc1ccc(OCc2ccc(Cl)c(Cl)c2)c([N+](=O)[O-])c1. The molecule has 0 aromatic heterocycles. The number of hydrogen-bond donors (Lipinski definition) is 0. The number of rotatable bonds is 8. The Kier molecular flexibility index (Phi) is 7.05. The van der Waals surface area contributed by atoms with Crippen molar-refractivity contribution in [3.8, 4) is 5.75 Å². The highest BCUT2D eigenvalue weighted by Crippen LogP contribution is 2.30. The number of aryl methyl sites for hydroxylation is 1. The highest BCUT2D eigenvalue weighted by molar-refractivity contribution is 6.42. The van der Waals surface area contributed by atoms with Crippen LogP contribution < -0.4 is 4.74 Å². The third-order valence-corrected chi connectivity index (χ3v) is 4.41. The van der Waals surface area contributed by atoms with Crippen molar-refractivity contribution in [2.75, 3.05) is 20.6 Å². The van der Waals surface area contributed by atoms with Crippen LogP contribution in [0.1, 0.15) is 17.5 Å². The Morgan fingerprint density at radius 3 is 2.44 bits per heavy atom. The van der Waals surface area contributed by atoms with Gasteiger partial charge in [0.05, 0.1) is 15.0 Å². The van der Waals surface area contributed by atoms with Crippen LogP contribution in [-0.4, -0.2) is 30.5 Å². The second kappa shape index (κ2) is 9.04. The van der Waals surface area contributed by atoms with Crippen molar-refractivity contribution in [1.29, 1.82) is 0 Å². The number of benzene rings is 2. The van der Waals surface area contributed by atoms with E-state index in [-0.39, 0.29) is 18.0 Å². The summed E-state index contributed by atoms with van der Waals surface area (Å²) in [6.45, 7) is 1.11.